The normalized spacial score (nSPS) is 6.00. The molecule has 0 bridgehead atoms. The topological polar surface area (TPSA) is 0 Å². The molecule has 86 valence electrons. The highest BCUT2D eigenvalue weighted by Crippen LogP contribution is 1.97. The maximum atomic E-state index is 3.63. The van der Waals surface area contributed by atoms with Gasteiger partial charge in [0.15, 0.2) is 0 Å². The summed E-state index contributed by atoms with van der Waals surface area (Å²) >= 11 is 0. The van der Waals surface area contributed by atoms with Crippen LogP contribution in [-0.4, -0.2) is 0 Å². The highest BCUT2D eigenvalue weighted by molar-refractivity contribution is 5.45. The highest BCUT2D eigenvalue weighted by Gasteiger charge is 1.75. The van der Waals surface area contributed by atoms with Crippen molar-refractivity contribution in [1.82, 2.24) is 0 Å². The monoisotopic (exact) mass is 214 g/mol. The van der Waals surface area contributed by atoms with Crippen molar-refractivity contribution in [2.75, 3.05) is 0 Å². The van der Waals surface area contributed by atoms with Crippen molar-refractivity contribution in [3.63, 3.8) is 0 Å². The van der Waals surface area contributed by atoms with Gasteiger partial charge in [-0.1, -0.05) is 68.3 Å². The summed E-state index contributed by atoms with van der Waals surface area (Å²) in [6, 6.07) is 10.0. The smallest absolute Gasteiger partial charge is 0.0263 e. The maximum Gasteiger partial charge on any atom is -0.0263 e. The summed E-state index contributed by atoms with van der Waals surface area (Å²) in [7, 11) is 0. The van der Waals surface area contributed by atoms with Gasteiger partial charge in [-0.25, -0.2) is 0 Å². The molecule has 1 aromatic rings. The second-order valence-corrected chi connectivity index (χ2v) is 2.09. The van der Waals surface area contributed by atoms with Crippen LogP contribution >= 0.6 is 0 Å². The molecule has 0 radical (unpaired) electrons. The standard InChI is InChI=1S/C8H8.C4H6.2C2H4/c1-2-8-6-4-3-5-7-8;1-3-4-2;2*1-2/h2-7H,1H2;3-4H,1-2H2;2*1-2H2. The zero-order chi connectivity index (χ0) is 13.2. The predicted molar refractivity (Wildman–Crippen MR) is 79.4 cm³/mol. The fourth-order valence-electron chi connectivity index (χ4n) is 0.589. The summed E-state index contributed by atoms with van der Waals surface area (Å²) in [5.41, 5.74) is 1.17. The Kier molecular flexibility index (Phi) is 28.1. The fourth-order valence-corrected chi connectivity index (χ4v) is 0.589. The minimum atomic E-state index is 1.17. The molecule has 0 aliphatic carbocycles. The van der Waals surface area contributed by atoms with Crippen LogP contribution in [-0.2, 0) is 0 Å². The average molecular weight is 214 g/mol. The van der Waals surface area contributed by atoms with Gasteiger partial charge in [0.1, 0.15) is 0 Å². The van der Waals surface area contributed by atoms with Crippen LogP contribution in [0.15, 0.2) is 88.5 Å². The molecule has 0 nitrogen and oxygen atoms in total. The summed E-state index contributed by atoms with van der Waals surface area (Å²) in [5.74, 6) is 0. The van der Waals surface area contributed by atoms with Crippen LogP contribution in [0.2, 0.25) is 0 Å². The SMILES string of the molecule is C=C.C=C.C=CC=C.C=Cc1ccccc1. The molecule has 0 heteroatoms. The molecule has 1 aromatic carbocycles. The zero-order valence-corrected chi connectivity index (χ0v) is 10.1. The second kappa shape index (κ2) is 23.1. The molecule has 0 unspecified atom stereocenters. The van der Waals surface area contributed by atoms with Crippen LogP contribution in [0.25, 0.3) is 6.08 Å². The molecule has 0 aliphatic heterocycles. The van der Waals surface area contributed by atoms with Crippen molar-refractivity contribution in [2.24, 2.45) is 0 Å². The molecule has 16 heavy (non-hydrogen) atoms. The Morgan fingerprint density at radius 2 is 1.06 bits per heavy atom. The third kappa shape index (κ3) is 17.9. The lowest BCUT2D eigenvalue weighted by Crippen LogP contribution is -1.63. The van der Waals surface area contributed by atoms with E-state index in [4.69, 9.17) is 0 Å². The van der Waals surface area contributed by atoms with Crippen LogP contribution in [0, 0.1) is 0 Å². The third-order valence-corrected chi connectivity index (χ3v) is 1.20. The summed E-state index contributed by atoms with van der Waals surface area (Å²) in [4.78, 5) is 0. The van der Waals surface area contributed by atoms with Gasteiger partial charge in [0.25, 0.3) is 0 Å². The first-order valence-electron chi connectivity index (χ1n) is 4.76. The Morgan fingerprint density at radius 1 is 0.688 bits per heavy atom. The van der Waals surface area contributed by atoms with Gasteiger partial charge in [0.2, 0.25) is 0 Å². The van der Waals surface area contributed by atoms with E-state index in [9.17, 15) is 0 Å². The molecule has 0 atom stereocenters. The second-order valence-electron chi connectivity index (χ2n) is 2.09. The van der Waals surface area contributed by atoms with E-state index in [-0.39, 0.29) is 0 Å². The number of rotatable bonds is 2. The molecule has 0 heterocycles. The first-order chi connectivity index (χ1) is 7.85. The third-order valence-electron chi connectivity index (χ3n) is 1.20. The Bertz CT molecular complexity index is 249. The van der Waals surface area contributed by atoms with Crippen LogP contribution in [0.4, 0.5) is 0 Å². The lowest BCUT2D eigenvalue weighted by molar-refractivity contribution is 1.67. The molecule has 0 aromatic heterocycles. The van der Waals surface area contributed by atoms with Crippen molar-refractivity contribution >= 4 is 6.08 Å². The summed E-state index contributed by atoms with van der Waals surface area (Å²) < 4.78 is 0. The van der Waals surface area contributed by atoms with E-state index in [1.807, 2.05) is 36.4 Å². The van der Waals surface area contributed by atoms with Crippen molar-refractivity contribution in [3.8, 4) is 0 Å². The zero-order valence-electron chi connectivity index (χ0n) is 10.1. The predicted octanol–water partition coefficient (Wildman–Crippen LogP) is 5.29. The Balaban J connectivity index is -0.000000181. The molecule has 0 aliphatic rings. The van der Waals surface area contributed by atoms with E-state index >= 15 is 0 Å². The van der Waals surface area contributed by atoms with Gasteiger partial charge in [0, 0.05) is 0 Å². The minimum absolute atomic E-state index is 1.17. The lowest BCUT2D eigenvalue weighted by atomic mass is 10.2. The number of benzene rings is 1. The molecular formula is C16H22. The summed E-state index contributed by atoms with van der Waals surface area (Å²) in [6.45, 7) is 22.4. The molecule has 0 saturated carbocycles. The van der Waals surface area contributed by atoms with E-state index in [2.05, 4.69) is 46.1 Å². The van der Waals surface area contributed by atoms with Gasteiger partial charge < -0.3 is 0 Å². The number of hydrogen-bond donors (Lipinski definition) is 0. The fraction of sp³-hybridized carbons (Fsp3) is 0. The molecule has 0 N–H and O–H groups in total. The van der Waals surface area contributed by atoms with Crippen molar-refractivity contribution in [3.05, 3.63) is 94.1 Å². The van der Waals surface area contributed by atoms with E-state index in [1.54, 1.807) is 12.2 Å². The van der Waals surface area contributed by atoms with E-state index in [0.717, 1.165) is 0 Å². The number of hydrogen-bond acceptors (Lipinski definition) is 0. The van der Waals surface area contributed by atoms with E-state index in [1.165, 1.54) is 5.56 Å². The largest absolute Gasteiger partial charge is 0.106 e. The van der Waals surface area contributed by atoms with Crippen LogP contribution in [0.5, 0.6) is 0 Å². The van der Waals surface area contributed by atoms with Crippen LogP contribution < -0.4 is 0 Å². The Hall–Kier alpha value is -2.08. The number of allylic oxidation sites excluding steroid dienone is 2. The Morgan fingerprint density at radius 3 is 1.25 bits per heavy atom. The van der Waals surface area contributed by atoms with E-state index < -0.39 is 0 Å². The van der Waals surface area contributed by atoms with E-state index in [0.29, 0.717) is 0 Å². The highest BCUT2D eigenvalue weighted by atomic mass is 13.8. The lowest BCUT2D eigenvalue weighted by Gasteiger charge is -1.85. The van der Waals surface area contributed by atoms with Crippen molar-refractivity contribution in [1.29, 1.82) is 0 Å². The van der Waals surface area contributed by atoms with Gasteiger partial charge in [-0.2, -0.15) is 0 Å². The molecular weight excluding hydrogens is 192 g/mol. The molecule has 0 saturated heterocycles. The van der Waals surface area contributed by atoms with Gasteiger partial charge in [-0.15, -0.1) is 26.3 Å². The van der Waals surface area contributed by atoms with Crippen molar-refractivity contribution < 1.29 is 0 Å². The average Bonchev–Trinajstić information content (AvgIpc) is 2.44. The van der Waals surface area contributed by atoms with Gasteiger partial charge >= 0.3 is 0 Å². The van der Waals surface area contributed by atoms with Crippen LogP contribution in [0.1, 0.15) is 5.56 Å². The quantitative estimate of drug-likeness (QED) is 0.463. The van der Waals surface area contributed by atoms with Crippen LogP contribution in [0.3, 0.4) is 0 Å². The summed E-state index contributed by atoms with van der Waals surface area (Å²) in [6.07, 6.45) is 5.11. The van der Waals surface area contributed by atoms with Gasteiger partial charge in [-0.05, 0) is 5.56 Å². The summed E-state index contributed by atoms with van der Waals surface area (Å²) in [5, 5.41) is 0. The van der Waals surface area contributed by atoms with Gasteiger partial charge in [-0.3, -0.25) is 0 Å². The molecule has 0 fully saturated rings. The maximum absolute atomic E-state index is 3.63. The first-order valence-corrected chi connectivity index (χ1v) is 4.76. The van der Waals surface area contributed by atoms with Crippen molar-refractivity contribution in [2.45, 2.75) is 0 Å². The van der Waals surface area contributed by atoms with Gasteiger partial charge in [0.05, 0.1) is 0 Å². The first kappa shape index (κ1) is 19.5. The minimum Gasteiger partial charge on any atom is -0.106 e. The molecule has 0 amide bonds. The molecule has 1 rings (SSSR count). The Labute approximate surface area is 101 Å². The molecule has 0 spiro atoms.